The van der Waals surface area contributed by atoms with Crippen LogP contribution in [-0.2, 0) is 112 Å². The van der Waals surface area contributed by atoms with Crippen molar-refractivity contribution in [3.63, 3.8) is 0 Å². The summed E-state index contributed by atoms with van der Waals surface area (Å²) in [5.74, 6) is -6.62. The highest BCUT2D eigenvalue weighted by atomic mass is 32.2. The van der Waals surface area contributed by atoms with Gasteiger partial charge in [0, 0.05) is 66.3 Å². The summed E-state index contributed by atoms with van der Waals surface area (Å²) >= 11 is 0. The summed E-state index contributed by atoms with van der Waals surface area (Å²) in [5.41, 5.74) is 1.43. The van der Waals surface area contributed by atoms with Gasteiger partial charge in [-0.2, -0.15) is 0 Å². The van der Waals surface area contributed by atoms with Gasteiger partial charge in [0.15, 0.2) is 0 Å². The minimum atomic E-state index is -3.78. The van der Waals surface area contributed by atoms with Crippen LogP contribution in [-0.4, -0.2) is 127 Å². The van der Waals surface area contributed by atoms with E-state index in [2.05, 4.69) is 0 Å². The molecule has 582 valence electrons. The van der Waals surface area contributed by atoms with Crippen molar-refractivity contribution < 1.29 is 104 Å². The maximum Gasteiger partial charge on any atom is 0.311 e. The van der Waals surface area contributed by atoms with E-state index in [0.29, 0.717) is 41.7 Å². The molecule has 38 heteroatoms. The second-order valence-corrected chi connectivity index (χ2v) is 34.3. The number of imide groups is 5. The van der Waals surface area contributed by atoms with Gasteiger partial charge in [-0.25, -0.2) is 67.8 Å². The Kier molecular flexibility index (Phi) is 28.7. The van der Waals surface area contributed by atoms with Crippen LogP contribution >= 0.6 is 0 Å². The smallest absolute Gasteiger partial charge is 0.311 e. The predicted octanol–water partition coefficient (Wildman–Crippen LogP) is 4.01. The van der Waals surface area contributed by atoms with Crippen LogP contribution in [0.1, 0.15) is 96.4 Å². The lowest BCUT2D eigenvalue weighted by molar-refractivity contribution is -0.155. The number of rotatable bonds is 15. The van der Waals surface area contributed by atoms with Crippen molar-refractivity contribution in [3.8, 4) is 0 Å². The summed E-state index contributed by atoms with van der Waals surface area (Å²) < 4.78 is 121. The number of amides is 10. The zero-order valence-electron chi connectivity index (χ0n) is 61.0. The molecule has 10 rings (SSSR count). The van der Waals surface area contributed by atoms with Crippen LogP contribution in [0.25, 0.3) is 0 Å². The predicted molar refractivity (Wildman–Crippen MR) is 390 cm³/mol. The number of anilines is 5. The molecular formula is C69H88N10O23S5. The van der Waals surface area contributed by atoms with Gasteiger partial charge < -0.3 is 9.47 Å². The summed E-state index contributed by atoms with van der Waals surface area (Å²) in [5, 5.41) is 24.9. The van der Waals surface area contributed by atoms with Crippen LogP contribution in [0.15, 0.2) is 146 Å². The summed E-state index contributed by atoms with van der Waals surface area (Å²) in [6.45, 7) is 23.5. The third-order valence-corrected chi connectivity index (χ3v) is 23.6. The third kappa shape index (κ3) is 20.7. The average Bonchev–Trinajstić information content (AvgIpc) is 1.67. The van der Waals surface area contributed by atoms with Crippen molar-refractivity contribution in [1.29, 1.82) is 0 Å². The van der Waals surface area contributed by atoms with Crippen LogP contribution < -0.4 is 50.2 Å². The van der Waals surface area contributed by atoms with Crippen molar-refractivity contribution >= 4 is 144 Å². The van der Waals surface area contributed by atoms with Gasteiger partial charge in [-0.3, -0.25) is 77.2 Å². The first-order valence-electron chi connectivity index (χ1n) is 32.9. The molecule has 33 nitrogen and oxygen atoms in total. The number of hydrogen-bond acceptors (Lipinski definition) is 23. The number of methoxy groups -OCH3 is 1. The van der Waals surface area contributed by atoms with Gasteiger partial charge in [-0.15, -0.1) is 0 Å². The highest BCUT2D eigenvalue weighted by Crippen LogP contribution is 2.36. The number of carbonyl (C=O) groups is 11. The minimum absolute atomic E-state index is 0.0589. The Labute approximate surface area is 621 Å². The lowest BCUT2D eigenvalue weighted by Crippen LogP contribution is -2.30. The topological polar surface area (TPSA) is 523 Å². The van der Waals surface area contributed by atoms with Gasteiger partial charge in [-0.05, 0) is 142 Å². The molecule has 0 saturated carbocycles. The molecule has 0 spiro atoms. The average molecular weight is 1590 g/mol. The fourth-order valence-electron chi connectivity index (χ4n) is 10.5. The van der Waals surface area contributed by atoms with Crippen molar-refractivity contribution in [1.82, 2.24) is 0 Å². The Morgan fingerprint density at radius 3 is 0.561 bits per heavy atom. The SMILES string of the molecule is CC1C(=O)N(c2ccc(S(N)(=O)=O)cc2)C(=O)C1C.CC1C(=O)N(c2ccc(S(N)(=O)=O)cc2)C(=O)C1C.CC1C(=O)N(c2ccc(S(N)(=O)=O)cc2)C(=O)C1C.CC1C(=O)N(c2ccc(S(N)(=O)=O)cc2)C(=O)C1C.CC1C(=O)N(c2ccc(S(N)(=O)=O)cc2)C(=O)C1C.CCC(C)(C)C(=O)OCCOC. The van der Waals surface area contributed by atoms with Crippen LogP contribution in [0, 0.1) is 64.6 Å². The number of primary sulfonamides is 5. The normalized spacial score (nSPS) is 22.6. The fourth-order valence-corrected chi connectivity index (χ4v) is 13.0. The monoisotopic (exact) mass is 1580 g/mol. The van der Waals surface area contributed by atoms with E-state index in [1.54, 1.807) is 76.3 Å². The molecule has 5 aliphatic rings. The molecule has 0 bridgehead atoms. The first kappa shape index (κ1) is 88.4. The number of esters is 1. The highest BCUT2D eigenvalue weighted by molar-refractivity contribution is 7.90. The molecule has 10 unspecified atom stereocenters. The quantitative estimate of drug-likeness (QED) is 0.0561. The number of sulfonamides is 5. The molecule has 5 aliphatic heterocycles. The van der Waals surface area contributed by atoms with Gasteiger partial charge in [0.05, 0.1) is 64.9 Å². The summed E-state index contributed by atoms with van der Waals surface area (Å²) in [6, 6.07) is 26.8. The molecule has 5 aromatic rings. The molecule has 10 atom stereocenters. The van der Waals surface area contributed by atoms with Crippen molar-refractivity contribution in [2.24, 2.45) is 90.3 Å². The Morgan fingerprint density at radius 2 is 0.449 bits per heavy atom. The van der Waals surface area contributed by atoms with Crippen LogP contribution in [0.5, 0.6) is 0 Å². The van der Waals surface area contributed by atoms with Crippen LogP contribution in [0.4, 0.5) is 28.4 Å². The number of ether oxygens (including phenoxy) is 2. The van der Waals surface area contributed by atoms with E-state index < -0.39 is 50.1 Å². The zero-order chi connectivity index (χ0) is 81.5. The Hall–Kier alpha value is -9.22. The van der Waals surface area contributed by atoms with E-state index >= 15 is 0 Å². The number of carbonyl (C=O) groups excluding carboxylic acids is 11. The number of hydrogen-bond donors (Lipinski definition) is 5. The molecule has 5 aromatic carbocycles. The molecule has 5 saturated heterocycles. The molecule has 0 aromatic heterocycles. The van der Waals surface area contributed by atoms with Crippen LogP contribution in [0.3, 0.4) is 0 Å². The Bertz CT molecular complexity index is 4080. The van der Waals surface area contributed by atoms with E-state index in [1.807, 2.05) is 20.8 Å². The van der Waals surface area contributed by atoms with E-state index in [9.17, 15) is 94.8 Å². The molecule has 0 aliphatic carbocycles. The molecule has 0 radical (unpaired) electrons. The number of nitrogens with two attached hydrogens (primary N) is 5. The molecule has 10 N–H and O–H groups in total. The maximum absolute atomic E-state index is 12.0. The number of nitrogens with zero attached hydrogens (tertiary/aromatic N) is 5. The largest absolute Gasteiger partial charge is 0.463 e. The summed E-state index contributed by atoms with van der Waals surface area (Å²) in [4.78, 5) is 136. The Balaban J connectivity index is 0.000000232. The standard InChI is InChI=1S/5C12H14N2O4S.C9H18O3/c5*1-7-8(2)12(16)14(11(7)15)9-3-5-10(6-4-9)19(13,17)18;1-5-9(2,3)8(10)12-7-6-11-4/h5*3-8H,1-2H3,(H2,13,17,18);5-7H2,1-4H3. The molecule has 107 heavy (non-hydrogen) atoms. The van der Waals surface area contributed by atoms with Crippen molar-refractivity contribution in [2.45, 2.75) is 121 Å². The van der Waals surface area contributed by atoms with E-state index in [4.69, 9.17) is 35.2 Å². The van der Waals surface area contributed by atoms with Gasteiger partial charge in [-0.1, -0.05) is 76.2 Å². The molecule has 10 amide bonds. The second kappa shape index (κ2) is 34.8. The van der Waals surface area contributed by atoms with Gasteiger partial charge >= 0.3 is 5.97 Å². The van der Waals surface area contributed by atoms with Gasteiger partial charge in [0.25, 0.3) is 0 Å². The van der Waals surface area contributed by atoms with Crippen molar-refractivity contribution in [2.75, 3.05) is 44.8 Å². The fraction of sp³-hybridized carbons (Fsp3) is 0.406. The third-order valence-electron chi connectivity index (χ3n) is 18.9. The first-order valence-corrected chi connectivity index (χ1v) is 40.6. The minimum Gasteiger partial charge on any atom is -0.463 e. The lowest BCUT2D eigenvalue weighted by atomic mass is 9.91. The second-order valence-electron chi connectivity index (χ2n) is 26.5. The first-order chi connectivity index (χ1) is 49.2. The Morgan fingerprint density at radius 1 is 0.308 bits per heavy atom. The van der Waals surface area contributed by atoms with Crippen LogP contribution in [0.2, 0.25) is 0 Å². The number of benzene rings is 5. The van der Waals surface area contributed by atoms with E-state index in [0.717, 1.165) is 30.9 Å². The van der Waals surface area contributed by atoms with Gasteiger partial charge in [0.1, 0.15) is 6.61 Å². The molecular weight excluding hydrogens is 1500 g/mol. The van der Waals surface area contributed by atoms with E-state index in [-0.39, 0.29) is 154 Å². The maximum atomic E-state index is 12.0. The molecule has 5 heterocycles. The van der Waals surface area contributed by atoms with Crippen molar-refractivity contribution in [3.05, 3.63) is 121 Å². The highest BCUT2D eigenvalue weighted by Gasteiger charge is 2.47. The van der Waals surface area contributed by atoms with E-state index in [1.165, 1.54) is 121 Å². The summed E-state index contributed by atoms with van der Waals surface area (Å²) in [6.07, 6.45) is 0.790. The molecule has 5 fully saturated rings. The zero-order valence-corrected chi connectivity index (χ0v) is 65.1. The summed E-state index contributed by atoms with van der Waals surface area (Å²) in [7, 11) is -17.3. The van der Waals surface area contributed by atoms with Gasteiger partial charge in [0.2, 0.25) is 109 Å². The lowest BCUT2D eigenvalue weighted by Gasteiger charge is -2.19.